The lowest BCUT2D eigenvalue weighted by Gasteiger charge is -2.32. The fourth-order valence-corrected chi connectivity index (χ4v) is 3.00. The number of ether oxygens (including phenoxy) is 2. The lowest BCUT2D eigenvalue weighted by molar-refractivity contribution is -0.131. The molecule has 0 bridgehead atoms. The molecule has 0 saturated carbocycles. The van der Waals surface area contributed by atoms with E-state index in [1.54, 1.807) is 19.1 Å². The van der Waals surface area contributed by atoms with Gasteiger partial charge in [-0.05, 0) is 28.8 Å². The Balaban J connectivity index is 2.12. The summed E-state index contributed by atoms with van der Waals surface area (Å²) in [4.78, 5) is 14.5. The van der Waals surface area contributed by atoms with E-state index in [1.807, 2.05) is 43.4 Å². The van der Waals surface area contributed by atoms with Gasteiger partial charge in [0.15, 0.2) is 11.5 Å². The third-order valence-corrected chi connectivity index (χ3v) is 4.14. The van der Waals surface area contributed by atoms with Crippen molar-refractivity contribution in [2.24, 2.45) is 0 Å². The van der Waals surface area contributed by atoms with Gasteiger partial charge in [0.25, 0.3) is 0 Å². The lowest BCUT2D eigenvalue weighted by Crippen LogP contribution is -2.36. The number of methoxy groups -OCH3 is 2. The number of rotatable bonds is 3. The second-order valence-electron chi connectivity index (χ2n) is 5.44. The van der Waals surface area contributed by atoms with Crippen molar-refractivity contribution in [2.45, 2.75) is 12.5 Å². The summed E-state index contributed by atoms with van der Waals surface area (Å²) >= 11 is 0. The summed E-state index contributed by atoms with van der Waals surface area (Å²) in [6.45, 7) is 0.652. The van der Waals surface area contributed by atoms with Crippen molar-refractivity contribution >= 4 is 5.91 Å². The molecule has 1 unspecified atom stereocenters. The van der Waals surface area contributed by atoms with Crippen molar-refractivity contribution in [2.75, 3.05) is 21.3 Å². The van der Waals surface area contributed by atoms with E-state index in [-0.39, 0.29) is 11.8 Å². The Morgan fingerprint density at radius 1 is 1.05 bits per heavy atom. The molecule has 3 rings (SSSR count). The van der Waals surface area contributed by atoms with Crippen LogP contribution in [0, 0.1) is 0 Å². The highest BCUT2D eigenvalue weighted by molar-refractivity contribution is 5.89. The molecule has 1 aliphatic heterocycles. The first-order valence-electron chi connectivity index (χ1n) is 7.20. The van der Waals surface area contributed by atoms with Gasteiger partial charge in [-0.3, -0.25) is 4.79 Å². The van der Waals surface area contributed by atoms with E-state index < -0.39 is 0 Å². The molecule has 1 aliphatic rings. The average Bonchev–Trinajstić information content (AvgIpc) is 2.55. The normalized spacial score (nSPS) is 17.1. The second kappa shape index (κ2) is 5.72. The zero-order valence-electron chi connectivity index (χ0n) is 13.0. The molecule has 0 radical (unpaired) electrons. The Bertz CT molecular complexity index is 711. The highest BCUT2D eigenvalue weighted by atomic mass is 16.5. The zero-order chi connectivity index (χ0) is 15.7. The summed E-state index contributed by atoms with van der Waals surface area (Å²) in [6, 6.07) is 13.8. The maximum Gasteiger partial charge on any atom is 0.234 e. The number of nitrogens with zero attached hydrogens (tertiary/aromatic N) is 1. The van der Waals surface area contributed by atoms with Crippen molar-refractivity contribution in [3.8, 4) is 11.5 Å². The molecule has 4 nitrogen and oxygen atoms in total. The molecular weight excluding hydrogens is 278 g/mol. The molecule has 0 aromatic heterocycles. The fourth-order valence-electron chi connectivity index (χ4n) is 3.00. The summed E-state index contributed by atoms with van der Waals surface area (Å²) in [5.74, 6) is 1.11. The van der Waals surface area contributed by atoms with Gasteiger partial charge in [-0.25, -0.2) is 0 Å². The first kappa shape index (κ1) is 14.4. The van der Waals surface area contributed by atoms with Crippen LogP contribution in [-0.4, -0.2) is 32.1 Å². The van der Waals surface area contributed by atoms with Crippen LogP contribution in [0.1, 0.15) is 22.6 Å². The second-order valence-corrected chi connectivity index (χ2v) is 5.44. The molecule has 2 aromatic rings. The van der Waals surface area contributed by atoms with Gasteiger partial charge in [0.2, 0.25) is 5.91 Å². The largest absolute Gasteiger partial charge is 0.493 e. The summed E-state index contributed by atoms with van der Waals surface area (Å²) in [7, 11) is 5.04. The van der Waals surface area contributed by atoms with E-state index in [9.17, 15) is 4.79 Å². The van der Waals surface area contributed by atoms with Crippen molar-refractivity contribution in [3.63, 3.8) is 0 Å². The van der Waals surface area contributed by atoms with Gasteiger partial charge < -0.3 is 14.4 Å². The Kier molecular flexibility index (Phi) is 3.75. The summed E-state index contributed by atoms with van der Waals surface area (Å²) < 4.78 is 10.6. The minimum atomic E-state index is -0.297. The van der Waals surface area contributed by atoms with Gasteiger partial charge in [0.05, 0.1) is 20.1 Å². The number of hydrogen-bond donors (Lipinski definition) is 0. The van der Waals surface area contributed by atoms with E-state index in [4.69, 9.17) is 9.47 Å². The summed E-state index contributed by atoms with van der Waals surface area (Å²) in [5.41, 5.74) is 3.17. The van der Waals surface area contributed by atoms with Gasteiger partial charge in [0.1, 0.15) is 0 Å². The van der Waals surface area contributed by atoms with E-state index in [1.165, 1.54) is 5.56 Å². The predicted octanol–water partition coefficient (Wildman–Crippen LogP) is 2.81. The maximum atomic E-state index is 12.7. The molecule has 0 N–H and O–H groups in total. The van der Waals surface area contributed by atoms with Crippen LogP contribution in [0.3, 0.4) is 0 Å². The van der Waals surface area contributed by atoms with Crippen LogP contribution in [-0.2, 0) is 11.3 Å². The van der Waals surface area contributed by atoms with Crippen LogP contribution in [0.5, 0.6) is 11.5 Å². The molecule has 1 amide bonds. The molecule has 22 heavy (non-hydrogen) atoms. The van der Waals surface area contributed by atoms with E-state index >= 15 is 0 Å². The number of carbonyl (C=O) groups is 1. The zero-order valence-corrected chi connectivity index (χ0v) is 13.0. The van der Waals surface area contributed by atoms with Crippen LogP contribution in [0.4, 0.5) is 0 Å². The number of fused-ring (bicyclic) bond motifs is 1. The average molecular weight is 297 g/mol. The van der Waals surface area contributed by atoms with Crippen LogP contribution >= 0.6 is 0 Å². The molecule has 1 heterocycles. The van der Waals surface area contributed by atoms with Crippen LogP contribution in [0.2, 0.25) is 0 Å². The van der Waals surface area contributed by atoms with Crippen LogP contribution < -0.4 is 9.47 Å². The standard InChI is InChI=1S/C18H19NO3/c1-19-11-13-6-4-5-7-14(13)17(18(19)20)12-8-9-15(21-2)16(10-12)22-3/h4-10,17H,11H2,1-3H3. The SMILES string of the molecule is COc1ccc(C2C(=O)N(C)Cc3ccccc32)cc1OC. The Morgan fingerprint density at radius 2 is 1.77 bits per heavy atom. The van der Waals surface area contributed by atoms with Crippen molar-refractivity contribution in [3.05, 3.63) is 59.2 Å². The summed E-state index contributed by atoms with van der Waals surface area (Å²) in [5, 5.41) is 0. The highest BCUT2D eigenvalue weighted by Gasteiger charge is 2.32. The molecule has 2 aromatic carbocycles. The molecule has 0 fully saturated rings. The molecule has 0 aliphatic carbocycles. The monoisotopic (exact) mass is 297 g/mol. The van der Waals surface area contributed by atoms with Crippen molar-refractivity contribution in [1.82, 2.24) is 4.90 Å². The Morgan fingerprint density at radius 3 is 2.50 bits per heavy atom. The van der Waals surface area contributed by atoms with E-state index in [0.717, 1.165) is 11.1 Å². The Hall–Kier alpha value is -2.49. The molecule has 0 saturated heterocycles. The van der Waals surface area contributed by atoms with Gasteiger partial charge >= 0.3 is 0 Å². The molecule has 0 spiro atoms. The van der Waals surface area contributed by atoms with Crippen LogP contribution in [0.25, 0.3) is 0 Å². The summed E-state index contributed by atoms with van der Waals surface area (Å²) in [6.07, 6.45) is 0. The Labute approximate surface area is 130 Å². The minimum absolute atomic E-state index is 0.103. The first-order valence-corrected chi connectivity index (χ1v) is 7.20. The highest BCUT2D eigenvalue weighted by Crippen LogP contribution is 2.37. The van der Waals surface area contributed by atoms with Crippen molar-refractivity contribution < 1.29 is 14.3 Å². The number of likely N-dealkylation sites (N-methyl/N-ethyl adjacent to an activating group) is 1. The maximum absolute atomic E-state index is 12.7. The number of benzene rings is 2. The molecule has 114 valence electrons. The fraction of sp³-hybridized carbons (Fsp3) is 0.278. The number of amides is 1. The minimum Gasteiger partial charge on any atom is -0.493 e. The molecule has 4 heteroatoms. The van der Waals surface area contributed by atoms with Gasteiger partial charge in [0, 0.05) is 13.6 Å². The quantitative estimate of drug-likeness (QED) is 0.874. The smallest absolute Gasteiger partial charge is 0.234 e. The number of carbonyl (C=O) groups excluding carboxylic acids is 1. The number of hydrogen-bond acceptors (Lipinski definition) is 3. The third kappa shape index (κ3) is 2.30. The van der Waals surface area contributed by atoms with Crippen molar-refractivity contribution in [1.29, 1.82) is 0 Å². The topological polar surface area (TPSA) is 38.8 Å². The van der Waals surface area contributed by atoms with E-state index in [0.29, 0.717) is 18.0 Å². The lowest BCUT2D eigenvalue weighted by atomic mass is 9.84. The van der Waals surface area contributed by atoms with Gasteiger partial charge in [-0.15, -0.1) is 0 Å². The molecule has 1 atom stereocenters. The van der Waals surface area contributed by atoms with Crippen LogP contribution in [0.15, 0.2) is 42.5 Å². The first-order chi connectivity index (χ1) is 10.7. The van der Waals surface area contributed by atoms with E-state index in [2.05, 4.69) is 6.07 Å². The molecular formula is C18H19NO3. The van der Waals surface area contributed by atoms with Gasteiger partial charge in [-0.1, -0.05) is 30.3 Å². The third-order valence-electron chi connectivity index (χ3n) is 4.14. The van der Waals surface area contributed by atoms with Gasteiger partial charge in [-0.2, -0.15) is 0 Å². The predicted molar refractivity (Wildman–Crippen MR) is 84.3 cm³/mol.